The number of phenols is 1. The fourth-order valence-corrected chi connectivity index (χ4v) is 2.15. The largest absolute Gasteiger partial charge is 0.507 e. The van der Waals surface area contributed by atoms with Crippen molar-refractivity contribution in [2.75, 3.05) is 0 Å². The fourth-order valence-electron chi connectivity index (χ4n) is 1.31. The summed E-state index contributed by atoms with van der Waals surface area (Å²) in [5, 5.41) is 20.1. The third-order valence-corrected chi connectivity index (χ3v) is 3.21. The second-order valence-corrected chi connectivity index (χ2v) is 4.44. The first-order chi connectivity index (χ1) is 8.16. The SMILES string of the molecule is O=[N+]([O-])c1ccc(Sc2ccccc2O)cc1. The molecule has 2 rings (SSSR count). The lowest BCUT2D eigenvalue weighted by Gasteiger charge is -2.03. The Morgan fingerprint density at radius 2 is 1.71 bits per heavy atom. The van der Waals surface area contributed by atoms with E-state index in [2.05, 4.69) is 0 Å². The average Bonchev–Trinajstić information content (AvgIpc) is 2.33. The van der Waals surface area contributed by atoms with Crippen LogP contribution in [0.5, 0.6) is 5.75 Å². The highest BCUT2D eigenvalue weighted by Gasteiger charge is 2.06. The van der Waals surface area contributed by atoms with Gasteiger partial charge in [-0.2, -0.15) is 0 Å². The summed E-state index contributed by atoms with van der Waals surface area (Å²) in [4.78, 5) is 11.6. The van der Waals surface area contributed by atoms with Crippen LogP contribution in [-0.2, 0) is 0 Å². The molecule has 0 radical (unpaired) electrons. The maximum Gasteiger partial charge on any atom is 0.269 e. The molecular weight excluding hydrogens is 238 g/mol. The van der Waals surface area contributed by atoms with Gasteiger partial charge in [0.25, 0.3) is 5.69 Å². The number of aromatic hydroxyl groups is 1. The van der Waals surface area contributed by atoms with Gasteiger partial charge in [0, 0.05) is 17.0 Å². The Morgan fingerprint density at radius 1 is 1.06 bits per heavy atom. The van der Waals surface area contributed by atoms with E-state index in [1.807, 2.05) is 6.07 Å². The van der Waals surface area contributed by atoms with Crippen molar-refractivity contribution in [2.24, 2.45) is 0 Å². The number of hydrogen-bond acceptors (Lipinski definition) is 4. The van der Waals surface area contributed by atoms with E-state index >= 15 is 0 Å². The van der Waals surface area contributed by atoms with Gasteiger partial charge in [-0.25, -0.2) is 0 Å². The molecule has 2 aromatic carbocycles. The van der Waals surface area contributed by atoms with Crippen LogP contribution in [0.15, 0.2) is 58.3 Å². The van der Waals surface area contributed by atoms with Crippen molar-refractivity contribution in [3.63, 3.8) is 0 Å². The molecule has 0 unspecified atom stereocenters. The molecule has 86 valence electrons. The predicted molar refractivity (Wildman–Crippen MR) is 65.3 cm³/mol. The van der Waals surface area contributed by atoms with E-state index in [9.17, 15) is 15.2 Å². The van der Waals surface area contributed by atoms with E-state index in [-0.39, 0.29) is 11.4 Å². The monoisotopic (exact) mass is 247 g/mol. The number of non-ortho nitro benzene ring substituents is 1. The first kappa shape index (κ1) is 11.5. The van der Waals surface area contributed by atoms with Crippen molar-refractivity contribution < 1.29 is 10.0 Å². The van der Waals surface area contributed by atoms with E-state index < -0.39 is 4.92 Å². The maximum absolute atomic E-state index is 10.5. The lowest BCUT2D eigenvalue weighted by atomic mass is 10.3. The van der Waals surface area contributed by atoms with Crippen LogP contribution in [0.4, 0.5) is 5.69 Å². The Morgan fingerprint density at radius 3 is 2.29 bits per heavy atom. The van der Waals surface area contributed by atoms with Crippen molar-refractivity contribution in [3.8, 4) is 5.75 Å². The summed E-state index contributed by atoms with van der Waals surface area (Å²) in [6, 6.07) is 13.2. The topological polar surface area (TPSA) is 63.4 Å². The summed E-state index contributed by atoms with van der Waals surface area (Å²) in [5.74, 6) is 0.204. The fraction of sp³-hybridized carbons (Fsp3) is 0. The normalized spacial score (nSPS) is 10.1. The third-order valence-electron chi connectivity index (χ3n) is 2.14. The van der Waals surface area contributed by atoms with Crippen LogP contribution >= 0.6 is 11.8 Å². The minimum absolute atomic E-state index is 0.0617. The van der Waals surface area contributed by atoms with Gasteiger partial charge < -0.3 is 5.11 Å². The lowest BCUT2D eigenvalue weighted by Crippen LogP contribution is -1.86. The summed E-state index contributed by atoms with van der Waals surface area (Å²) in [7, 11) is 0. The standard InChI is InChI=1S/C12H9NO3S/c14-11-3-1-2-4-12(11)17-10-7-5-9(6-8-10)13(15)16/h1-8,14H. The molecule has 0 spiro atoms. The van der Waals surface area contributed by atoms with E-state index in [0.29, 0.717) is 0 Å². The molecule has 2 aromatic rings. The number of benzene rings is 2. The van der Waals surface area contributed by atoms with E-state index in [0.717, 1.165) is 9.79 Å². The van der Waals surface area contributed by atoms with Crippen molar-refractivity contribution in [3.05, 3.63) is 58.6 Å². The Bertz CT molecular complexity index is 540. The van der Waals surface area contributed by atoms with Crippen LogP contribution in [0.2, 0.25) is 0 Å². The number of para-hydroxylation sites is 1. The second-order valence-electron chi connectivity index (χ2n) is 3.32. The van der Waals surface area contributed by atoms with Crippen molar-refractivity contribution in [1.29, 1.82) is 0 Å². The summed E-state index contributed by atoms with van der Waals surface area (Å²) in [6.07, 6.45) is 0. The number of phenolic OH excluding ortho intramolecular Hbond substituents is 1. The first-order valence-corrected chi connectivity index (χ1v) is 5.69. The number of nitrogens with zero attached hydrogens (tertiary/aromatic N) is 1. The molecule has 0 bridgehead atoms. The molecule has 0 amide bonds. The van der Waals surface area contributed by atoms with Crippen molar-refractivity contribution in [1.82, 2.24) is 0 Å². The Balaban J connectivity index is 2.20. The van der Waals surface area contributed by atoms with Gasteiger partial charge in [-0.1, -0.05) is 23.9 Å². The summed E-state index contributed by atoms with van der Waals surface area (Å²) in [5.41, 5.74) is 0.0617. The molecule has 4 nitrogen and oxygen atoms in total. The zero-order valence-electron chi connectivity index (χ0n) is 8.74. The molecule has 0 saturated carbocycles. The summed E-state index contributed by atoms with van der Waals surface area (Å²) >= 11 is 1.36. The minimum atomic E-state index is -0.436. The van der Waals surface area contributed by atoms with E-state index in [1.54, 1.807) is 30.3 Å². The second kappa shape index (κ2) is 4.88. The molecule has 0 aliphatic rings. The van der Waals surface area contributed by atoms with Crippen molar-refractivity contribution in [2.45, 2.75) is 9.79 Å². The zero-order valence-corrected chi connectivity index (χ0v) is 9.55. The molecule has 5 heteroatoms. The van der Waals surface area contributed by atoms with Gasteiger partial charge in [-0.3, -0.25) is 10.1 Å². The summed E-state index contributed by atoms with van der Waals surface area (Å²) in [6.45, 7) is 0. The molecule has 1 N–H and O–H groups in total. The molecule has 0 saturated heterocycles. The number of rotatable bonds is 3. The number of nitro benzene ring substituents is 1. The number of hydrogen-bond donors (Lipinski definition) is 1. The van der Waals surface area contributed by atoms with Gasteiger partial charge in [-0.15, -0.1) is 0 Å². The molecule has 0 aliphatic carbocycles. The average molecular weight is 247 g/mol. The Kier molecular flexibility index (Phi) is 3.30. The van der Waals surface area contributed by atoms with Gasteiger partial charge in [0.2, 0.25) is 0 Å². The third kappa shape index (κ3) is 2.76. The molecule has 0 aliphatic heterocycles. The highest BCUT2D eigenvalue weighted by Crippen LogP contribution is 2.34. The minimum Gasteiger partial charge on any atom is -0.507 e. The molecule has 0 atom stereocenters. The van der Waals surface area contributed by atoms with E-state index in [1.165, 1.54) is 23.9 Å². The van der Waals surface area contributed by atoms with Crippen LogP contribution in [0.3, 0.4) is 0 Å². The molecule has 0 fully saturated rings. The van der Waals surface area contributed by atoms with Gasteiger partial charge in [0.05, 0.1) is 9.82 Å². The highest BCUT2D eigenvalue weighted by molar-refractivity contribution is 7.99. The summed E-state index contributed by atoms with van der Waals surface area (Å²) < 4.78 is 0. The quantitative estimate of drug-likeness (QED) is 0.666. The first-order valence-electron chi connectivity index (χ1n) is 4.87. The van der Waals surface area contributed by atoms with Gasteiger partial charge in [-0.05, 0) is 24.3 Å². The molecule has 0 aromatic heterocycles. The smallest absolute Gasteiger partial charge is 0.269 e. The van der Waals surface area contributed by atoms with Crippen LogP contribution in [0, 0.1) is 10.1 Å². The molecule has 0 heterocycles. The zero-order chi connectivity index (χ0) is 12.3. The van der Waals surface area contributed by atoms with Gasteiger partial charge in [0.1, 0.15) is 5.75 Å². The number of nitro groups is 1. The van der Waals surface area contributed by atoms with Crippen molar-refractivity contribution >= 4 is 17.4 Å². The van der Waals surface area contributed by atoms with E-state index in [4.69, 9.17) is 0 Å². The van der Waals surface area contributed by atoms with Crippen LogP contribution in [0.1, 0.15) is 0 Å². The van der Waals surface area contributed by atoms with Crippen LogP contribution in [-0.4, -0.2) is 10.0 Å². The predicted octanol–water partition coefficient (Wildman–Crippen LogP) is 3.45. The molecule has 17 heavy (non-hydrogen) atoms. The lowest BCUT2D eigenvalue weighted by molar-refractivity contribution is -0.384. The van der Waals surface area contributed by atoms with Gasteiger partial charge in [0.15, 0.2) is 0 Å². The molecular formula is C12H9NO3S. The maximum atomic E-state index is 10.5. The Hall–Kier alpha value is -2.01. The van der Waals surface area contributed by atoms with Crippen LogP contribution in [0.25, 0.3) is 0 Å². The highest BCUT2D eigenvalue weighted by atomic mass is 32.2. The van der Waals surface area contributed by atoms with Gasteiger partial charge >= 0.3 is 0 Å². The van der Waals surface area contributed by atoms with Crippen LogP contribution < -0.4 is 0 Å². The Labute approximate surface area is 102 Å².